The summed E-state index contributed by atoms with van der Waals surface area (Å²) in [7, 11) is 0. The Kier molecular flexibility index (Phi) is 7.21. The lowest BCUT2D eigenvalue weighted by molar-refractivity contribution is -0.122. The highest BCUT2D eigenvalue weighted by atomic mass is 35.5. The third kappa shape index (κ3) is 4.87. The Morgan fingerprint density at radius 2 is 2.00 bits per heavy atom. The second-order valence-electron chi connectivity index (χ2n) is 11.1. The fourth-order valence-corrected chi connectivity index (χ4v) is 6.12. The van der Waals surface area contributed by atoms with E-state index < -0.39 is 35.5 Å². The van der Waals surface area contributed by atoms with Gasteiger partial charge in [-0.15, -0.1) is 0 Å². The SMILES string of the molecule is CC(C)(C)C[C@@H]1N[C@H](OC(=O)Nc2ccc(C#N)nc2)[C@H](c2cccc(Cl)c2F)[C@]12C(=O)Nc1cc(Cl)ccc12. The van der Waals surface area contributed by atoms with Gasteiger partial charge in [0.25, 0.3) is 0 Å². The minimum absolute atomic E-state index is 0.117. The van der Waals surface area contributed by atoms with E-state index in [2.05, 4.69) is 20.9 Å². The number of carbonyl (C=O) groups excluding carboxylic acids is 2. The average Bonchev–Trinajstić information content (AvgIpc) is 3.34. The number of aromatic nitrogens is 1. The molecule has 2 aromatic carbocycles. The summed E-state index contributed by atoms with van der Waals surface area (Å²) in [5, 5.41) is 18.2. The molecule has 2 aliphatic rings. The number of halogens is 3. The zero-order valence-corrected chi connectivity index (χ0v) is 23.4. The molecule has 0 radical (unpaired) electrons. The second-order valence-corrected chi connectivity index (χ2v) is 12.0. The lowest BCUT2D eigenvalue weighted by Gasteiger charge is -2.37. The number of hydrogen-bond donors (Lipinski definition) is 3. The van der Waals surface area contributed by atoms with Crippen molar-refractivity contribution in [1.82, 2.24) is 10.3 Å². The zero-order chi connectivity index (χ0) is 28.8. The molecule has 3 heterocycles. The summed E-state index contributed by atoms with van der Waals surface area (Å²) < 4.78 is 21.6. The molecule has 1 fully saturated rings. The summed E-state index contributed by atoms with van der Waals surface area (Å²) in [5.74, 6) is -2.06. The van der Waals surface area contributed by atoms with Crippen LogP contribution in [0.5, 0.6) is 0 Å². The standard InChI is InChI=1S/C29H26Cl2FN5O3/c1-28(2,3)12-22-29(19-10-7-15(30)11-21(19)36-26(29)38)23(18-5-4-6-20(31)24(18)32)25(37-22)40-27(39)35-17-9-8-16(13-33)34-14-17/h4-11,14,22-23,25,37H,12H2,1-3H3,(H,35,39)(H,36,38)/t22-,23-,25+,29+/m0/s1. The maximum absolute atomic E-state index is 15.7. The van der Waals surface area contributed by atoms with Crippen molar-refractivity contribution in [1.29, 1.82) is 5.26 Å². The van der Waals surface area contributed by atoms with E-state index in [1.807, 2.05) is 26.8 Å². The van der Waals surface area contributed by atoms with Crippen molar-refractivity contribution in [2.45, 2.75) is 50.8 Å². The Labute approximate surface area is 240 Å². The van der Waals surface area contributed by atoms with Gasteiger partial charge in [-0.25, -0.2) is 14.2 Å². The lowest BCUT2D eigenvalue weighted by Crippen LogP contribution is -2.49. The van der Waals surface area contributed by atoms with Gasteiger partial charge in [-0.05, 0) is 53.3 Å². The Bertz CT molecular complexity index is 1540. The number of ether oxygens (including phenoxy) is 1. The molecule has 3 aromatic rings. The summed E-state index contributed by atoms with van der Waals surface area (Å²) in [6.45, 7) is 6.10. The van der Waals surface area contributed by atoms with Crippen LogP contribution in [-0.4, -0.2) is 29.3 Å². The Balaban J connectivity index is 1.63. The predicted molar refractivity (Wildman–Crippen MR) is 150 cm³/mol. The monoisotopic (exact) mass is 581 g/mol. The van der Waals surface area contributed by atoms with Gasteiger partial charge in [0.2, 0.25) is 5.91 Å². The normalized spacial score (nSPS) is 23.4. The number of pyridine rings is 1. The van der Waals surface area contributed by atoms with Gasteiger partial charge < -0.3 is 10.1 Å². The van der Waals surface area contributed by atoms with E-state index in [0.717, 1.165) is 0 Å². The number of carbonyl (C=O) groups is 2. The molecule has 0 unspecified atom stereocenters. The van der Waals surface area contributed by atoms with Crippen molar-refractivity contribution in [2.75, 3.05) is 10.6 Å². The molecule has 0 aliphatic carbocycles. The van der Waals surface area contributed by atoms with Gasteiger partial charge in [-0.2, -0.15) is 5.26 Å². The molecule has 1 aromatic heterocycles. The minimum Gasteiger partial charge on any atom is -0.429 e. The van der Waals surface area contributed by atoms with Crippen molar-refractivity contribution in [2.24, 2.45) is 5.41 Å². The molecule has 3 N–H and O–H groups in total. The fourth-order valence-electron chi connectivity index (χ4n) is 5.76. The van der Waals surface area contributed by atoms with Gasteiger partial charge >= 0.3 is 6.09 Å². The van der Waals surface area contributed by atoms with Crippen molar-refractivity contribution in [3.63, 3.8) is 0 Å². The van der Waals surface area contributed by atoms with E-state index in [9.17, 15) is 9.59 Å². The lowest BCUT2D eigenvalue weighted by atomic mass is 9.63. The van der Waals surface area contributed by atoms with Crippen LogP contribution in [-0.2, 0) is 14.9 Å². The molecule has 2 aliphatic heterocycles. The largest absolute Gasteiger partial charge is 0.429 e. The van der Waals surface area contributed by atoms with Gasteiger partial charge in [0.1, 0.15) is 23.0 Å². The first-order valence-corrected chi connectivity index (χ1v) is 13.3. The van der Waals surface area contributed by atoms with Gasteiger partial charge in [0, 0.05) is 16.8 Å². The molecule has 1 saturated heterocycles. The number of nitrogens with zero attached hydrogens (tertiary/aromatic N) is 2. The highest BCUT2D eigenvalue weighted by Crippen LogP contribution is 2.57. The number of fused-ring (bicyclic) bond motifs is 2. The summed E-state index contributed by atoms with van der Waals surface area (Å²) in [4.78, 5) is 31.1. The first-order valence-electron chi connectivity index (χ1n) is 12.6. The number of nitrogens with one attached hydrogen (secondary N) is 3. The van der Waals surface area contributed by atoms with Crippen LogP contribution in [0.15, 0.2) is 54.7 Å². The summed E-state index contributed by atoms with van der Waals surface area (Å²) >= 11 is 12.5. The molecule has 8 nitrogen and oxygen atoms in total. The van der Waals surface area contributed by atoms with E-state index in [1.54, 1.807) is 30.3 Å². The van der Waals surface area contributed by atoms with Crippen LogP contribution < -0.4 is 16.0 Å². The van der Waals surface area contributed by atoms with Gasteiger partial charge in [-0.3, -0.25) is 15.4 Å². The van der Waals surface area contributed by atoms with E-state index in [4.69, 9.17) is 33.2 Å². The van der Waals surface area contributed by atoms with Crippen molar-refractivity contribution >= 4 is 46.6 Å². The first kappa shape index (κ1) is 27.8. The zero-order valence-electron chi connectivity index (χ0n) is 21.9. The summed E-state index contributed by atoms with van der Waals surface area (Å²) in [6, 6.07) is 14.0. The minimum atomic E-state index is -1.36. The van der Waals surface area contributed by atoms with Crippen LogP contribution in [0.1, 0.15) is 49.9 Å². The van der Waals surface area contributed by atoms with Gasteiger partial charge in [0.05, 0.1) is 22.8 Å². The maximum atomic E-state index is 15.7. The van der Waals surface area contributed by atoms with E-state index in [0.29, 0.717) is 28.4 Å². The van der Waals surface area contributed by atoms with E-state index in [-0.39, 0.29) is 27.6 Å². The number of benzene rings is 2. The summed E-state index contributed by atoms with van der Waals surface area (Å²) in [6.07, 6.45) is -0.163. The molecule has 5 rings (SSSR count). The summed E-state index contributed by atoms with van der Waals surface area (Å²) in [5.41, 5.74) is 0.128. The molecular formula is C29H26Cl2FN5O3. The smallest absolute Gasteiger partial charge is 0.413 e. The highest BCUT2D eigenvalue weighted by Gasteiger charge is 2.66. The molecular weight excluding hydrogens is 556 g/mol. The maximum Gasteiger partial charge on any atom is 0.413 e. The molecule has 0 saturated carbocycles. The number of anilines is 2. The van der Waals surface area contributed by atoms with Crippen LogP contribution >= 0.6 is 23.2 Å². The third-order valence-electron chi connectivity index (χ3n) is 7.25. The molecule has 4 atom stereocenters. The van der Waals surface area contributed by atoms with Gasteiger partial charge in [0.15, 0.2) is 6.23 Å². The molecule has 0 bridgehead atoms. The van der Waals surface area contributed by atoms with Crippen LogP contribution in [0.25, 0.3) is 0 Å². The number of nitriles is 1. The molecule has 2 amide bonds. The number of rotatable bonds is 4. The number of hydrogen-bond acceptors (Lipinski definition) is 6. The molecule has 11 heteroatoms. The van der Waals surface area contributed by atoms with E-state index >= 15 is 4.39 Å². The van der Waals surface area contributed by atoms with Crippen molar-refractivity contribution < 1.29 is 18.7 Å². The fraction of sp³-hybridized carbons (Fsp3) is 0.310. The topological polar surface area (TPSA) is 116 Å². The molecule has 1 spiro atoms. The van der Waals surface area contributed by atoms with Crippen LogP contribution in [0.3, 0.4) is 0 Å². The predicted octanol–water partition coefficient (Wildman–Crippen LogP) is 6.36. The molecule has 206 valence electrons. The van der Waals surface area contributed by atoms with Crippen LogP contribution in [0, 0.1) is 22.6 Å². The van der Waals surface area contributed by atoms with Crippen molar-refractivity contribution in [3.05, 3.63) is 87.4 Å². The Morgan fingerprint density at radius 3 is 2.67 bits per heavy atom. The van der Waals surface area contributed by atoms with Crippen LogP contribution in [0.4, 0.5) is 20.6 Å². The molecule has 40 heavy (non-hydrogen) atoms. The van der Waals surface area contributed by atoms with E-state index in [1.165, 1.54) is 24.4 Å². The van der Waals surface area contributed by atoms with Gasteiger partial charge in [-0.1, -0.05) is 62.2 Å². The van der Waals surface area contributed by atoms with Crippen molar-refractivity contribution in [3.8, 4) is 6.07 Å². The highest BCUT2D eigenvalue weighted by molar-refractivity contribution is 6.31. The second kappa shape index (κ2) is 10.4. The number of amides is 2. The van der Waals surface area contributed by atoms with Crippen LogP contribution in [0.2, 0.25) is 10.0 Å². The Hall–Kier alpha value is -3.71. The quantitative estimate of drug-likeness (QED) is 0.330. The Morgan fingerprint density at radius 1 is 1.23 bits per heavy atom. The third-order valence-corrected chi connectivity index (χ3v) is 7.78. The average molecular weight is 582 g/mol. The first-order chi connectivity index (χ1) is 18.9.